The first-order valence-corrected chi connectivity index (χ1v) is 4.82. The molecule has 0 heterocycles. The Morgan fingerprint density at radius 1 is 0.800 bits per heavy atom. The average Bonchev–Trinajstić information content (AvgIpc) is 2.23. The number of carbonyl (C=O) groups is 1. The van der Waals surface area contributed by atoms with E-state index in [2.05, 4.69) is 0 Å². The summed E-state index contributed by atoms with van der Waals surface area (Å²) in [6, 6.07) is 0. The third-order valence-electron chi connectivity index (χ3n) is 2.88. The zero-order chi connectivity index (χ0) is 11.2. The predicted octanol–water partition coefficient (Wildman–Crippen LogP) is 0.534. The van der Waals surface area contributed by atoms with Crippen molar-refractivity contribution in [3.05, 3.63) is 11.1 Å². The van der Waals surface area contributed by atoms with Gasteiger partial charge in [-0.1, -0.05) is 0 Å². The molecular formula is C10H14N4O. The van der Waals surface area contributed by atoms with Gasteiger partial charge in [-0.25, -0.2) is 0 Å². The van der Waals surface area contributed by atoms with Gasteiger partial charge in [-0.2, -0.15) is 0 Å². The maximum atomic E-state index is 11.7. The monoisotopic (exact) mass is 206 g/mol. The second-order valence-corrected chi connectivity index (χ2v) is 3.78. The van der Waals surface area contributed by atoms with Gasteiger partial charge < -0.3 is 22.9 Å². The molecule has 5 nitrogen and oxygen atoms in total. The Hall–Kier alpha value is -1.91. The Morgan fingerprint density at radius 2 is 1.40 bits per heavy atom. The Labute approximate surface area is 87.4 Å². The van der Waals surface area contributed by atoms with Crippen molar-refractivity contribution in [3.63, 3.8) is 0 Å². The van der Waals surface area contributed by atoms with Crippen LogP contribution < -0.4 is 22.9 Å². The summed E-state index contributed by atoms with van der Waals surface area (Å²) in [5.74, 6) is 0.00662. The number of benzene rings is 1. The van der Waals surface area contributed by atoms with Crippen LogP contribution in [0.25, 0.3) is 0 Å². The summed E-state index contributed by atoms with van der Waals surface area (Å²) >= 11 is 0. The molecule has 0 saturated heterocycles. The van der Waals surface area contributed by atoms with Crippen LogP contribution in [0.1, 0.15) is 28.8 Å². The van der Waals surface area contributed by atoms with E-state index in [-0.39, 0.29) is 17.2 Å². The van der Waals surface area contributed by atoms with Crippen molar-refractivity contribution in [2.75, 3.05) is 22.9 Å². The van der Waals surface area contributed by atoms with Crippen LogP contribution in [0, 0.1) is 0 Å². The van der Waals surface area contributed by atoms with Crippen LogP contribution >= 0.6 is 0 Å². The third kappa shape index (κ3) is 1.20. The van der Waals surface area contributed by atoms with E-state index in [0.29, 0.717) is 23.4 Å². The van der Waals surface area contributed by atoms with Crippen LogP contribution in [-0.4, -0.2) is 5.78 Å². The van der Waals surface area contributed by atoms with E-state index < -0.39 is 0 Å². The summed E-state index contributed by atoms with van der Waals surface area (Å²) in [5, 5.41) is 0. The van der Waals surface area contributed by atoms with Crippen molar-refractivity contribution in [2.45, 2.75) is 19.3 Å². The lowest BCUT2D eigenvalue weighted by atomic mass is 9.87. The van der Waals surface area contributed by atoms with E-state index in [1.54, 1.807) is 0 Å². The molecule has 0 aromatic heterocycles. The molecule has 0 unspecified atom stereocenters. The van der Waals surface area contributed by atoms with Gasteiger partial charge in [0.05, 0.1) is 22.7 Å². The van der Waals surface area contributed by atoms with Gasteiger partial charge in [0.25, 0.3) is 0 Å². The predicted molar refractivity (Wildman–Crippen MR) is 61.4 cm³/mol. The summed E-state index contributed by atoms with van der Waals surface area (Å²) in [4.78, 5) is 11.7. The largest absolute Gasteiger partial charge is 0.397 e. The standard InChI is InChI=1S/C10H14N4O/c11-7-4-2-1-3-5(15)6(4)8(12)10(14)9(7)13/h1-3,11-14H2. The van der Waals surface area contributed by atoms with Crippen molar-refractivity contribution in [3.8, 4) is 0 Å². The highest BCUT2D eigenvalue weighted by molar-refractivity contribution is 6.09. The quantitative estimate of drug-likeness (QED) is 0.461. The van der Waals surface area contributed by atoms with Crippen molar-refractivity contribution < 1.29 is 4.79 Å². The summed E-state index contributed by atoms with van der Waals surface area (Å²) in [6.07, 6.45) is 2.03. The number of fused-ring (bicyclic) bond motifs is 1. The molecule has 80 valence electrons. The molecule has 0 bridgehead atoms. The molecule has 0 saturated carbocycles. The first kappa shape index (κ1) is 9.64. The summed E-state index contributed by atoms with van der Waals surface area (Å²) in [5.41, 5.74) is 25.4. The van der Waals surface area contributed by atoms with E-state index in [0.717, 1.165) is 18.4 Å². The maximum absolute atomic E-state index is 11.7. The fourth-order valence-corrected chi connectivity index (χ4v) is 2.01. The van der Waals surface area contributed by atoms with Gasteiger partial charge in [-0.3, -0.25) is 4.79 Å². The molecule has 1 aliphatic carbocycles. The molecule has 0 aliphatic heterocycles. The van der Waals surface area contributed by atoms with Crippen LogP contribution in [0.15, 0.2) is 0 Å². The highest BCUT2D eigenvalue weighted by Gasteiger charge is 2.25. The fraction of sp³-hybridized carbons (Fsp3) is 0.300. The Bertz CT molecular complexity index is 453. The number of Topliss-reactive ketones (excluding diaryl/α,β-unsaturated/α-hetero) is 1. The molecule has 0 radical (unpaired) electrons. The minimum Gasteiger partial charge on any atom is -0.397 e. The number of hydrogen-bond acceptors (Lipinski definition) is 5. The third-order valence-corrected chi connectivity index (χ3v) is 2.88. The SMILES string of the molecule is Nc1c(N)c(N)c2c(c1N)CCCC2=O. The number of carbonyl (C=O) groups excluding carboxylic acids is 1. The molecule has 2 rings (SSSR count). The lowest BCUT2D eigenvalue weighted by Gasteiger charge is -2.21. The van der Waals surface area contributed by atoms with Crippen LogP contribution in [0.2, 0.25) is 0 Å². The number of hydrogen-bond donors (Lipinski definition) is 4. The maximum Gasteiger partial charge on any atom is 0.165 e. The van der Waals surface area contributed by atoms with Gasteiger partial charge >= 0.3 is 0 Å². The van der Waals surface area contributed by atoms with Crippen LogP contribution in [0.3, 0.4) is 0 Å². The molecule has 1 aromatic rings. The summed E-state index contributed by atoms with van der Waals surface area (Å²) in [6.45, 7) is 0. The van der Waals surface area contributed by atoms with Crippen molar-refractivity contribution in [1.82, 2.24) is 0 Å². The van der Waals surface area contributed by atoms with E-state index >= 15 is 0 Å². The lowest BCUT2D eigenvalue weighted by Crippen LogP contribution is -2.18. The van der Waals surface area contributed by atoms with Gasteiger partial charge in [0.2, 0.25) is 0 Å². The molecule has 0 atom stereocenters. The number of nitrogen functional groups attached to an aromatic ring is 4. The number of ketones is 1. The number of rotatable bonds is 0. The lowest BCUT2D eigenvalue weighted by molar-refractivity contribution is 0.0973. The normalized spacial score (nSPS) is 15.1. The first-order chi connectivity index (χ1) is 7.04. The van der Waals surface area contributed by atoms with Gasteiger partial charge in [0.15, 0.2) is 5.78 Å². The van der Waals surface area contributed by atoms with E-state index in [1.807, 2.05) is 0 Å². The minimum absolute atomic E-state index is 0.00662. The highest BCUT2D eigenvalue weighted by atomic mass is 16.1. The molecule has 1 aliphatic rings. The average molecular weight is 206 g/mol. The van der Waals surface area contributed by atoms with Gasteiger partial charge in [0.1, 0.15) is 0 Å². The topological polar surface area (TPSA) is 121 Å². The molecule has 0 spiro atoms. The van der Waals surface area contributed by atoms with Crippen LogP contribution in [0.5, 0.6) is 0 Å². The van der Waals surface area contributed by atoms with E-state index in [1.165, 1.54) is 0 Å². The summed E-state index contributed by atoms with van der Waals surface area (Å²) < 4.78 is 0. The zero-order valence-electron chi connectivity index (χ0n) is 8.34. The van der Waals surface area contributed by atoms with Gasteiger partial charge in [-0.05, 0) is 18.4 Å². The molecule has 1 aromatic carbocycles. The van der Waals surface area contributed by atoms with Crippen molar-refractivity contribution in [2.24, 2.45) is 0 Å². The molecule has 8 N–H and O–H groups in total. The first-order valence-electron chi connectivity index (χ1n) is 4.82. The Balaban J connectivity index is 2.80. The second-order valence-electron chi connectivity index (χ2n) is 3.78. The van der Waals surface area contributed by atoms with E-state index in [9.17, 15) is 4.79 Å². The highest BCUT2D eigenvalue weighted by Crippen LogP contribution is 2.39. The van der Waals surface area contributed by atoms with Gasteiger partial charge in [-0.15, -0.1) is 0 Å². The number of anilines is 4. The zero-order valence-corrected chi connectivity index (χ0v) is 8.34. The Kier molecular flexibility index (Phi) is 1.96. The van der Waals surface area contributed by atoms with E-state index in [4.69, 9.17) is 22.9 Å². The smallest absolute Gasteiger partial charge is 0.165 e. The molecule has 0 amide bonds. The minimum atomic E-state index is 0.00662. The summed E-state index contributed by atoms with van der Waals surface area (Å²) in [7, 11) is 0. The van der Waals surface area contributed by atoms with Crippen molar-refractivity contribution in [1.29, 1.82) is 0 Å². The second kappa shape index (κ2) is 3.05. The van der Waals surface area contributed by atoms with Crippen LogP contribution in [0.4, 0.5) is 22.7 Å². The van der Waals surface area contributed by atoms with Crippen molar-refractivity contribution >= 4 is 28.5 Å². The fourth-order valence-electron chi connectivity index (χ4n) is 2.01. The van der Waals surface area contributed by atoms with Gasteiger partial charge in [0, 0.05) is 12.0 Å². The Morgan fingerprint density at radius 3 is 2.07 bits per heavy atom. The van der Waals surface area contributed by atoms with Crippen LogP contribution in [-0.2, 0) is 6.42 Å². The number of nitrogens with two attached hydrogens (primary N) is 4. The molecule has 15 heavy (non-hydrogen) atoms. The molecule has 5 heteroatoms. The molecular weight excluding hydrogens is 192 g/mol. The molecule has 0 fully saturated rings.